The highest BCUT2D eigenvalue weighted by atomic mass is 19.2. The van der Waals surface area contributed by atoms with Crippen molar-refractivity contribution in [2.75, 3.05) is 0 Å². The maximum atomic E-state index is 12.3. The molecule has 0 N–H and O–H groups in total. The standard InChI is InChI=1S/C6H2BF5/c7-1-2(8)4(10)6(12)5(11)3(1)9/h4,6H/t4?,6-/m1/s1. The van der Waals surface area contributed by atoms with Crippen LogP contribution >= 0.6 is 0 Å². The van der Waals surface area contributed by atoms with Crippen LogP contribution in [0.1, 0.15) is 0 Å². The van der Waals surface area contributed by atoms with Crippen molar-refractivity contribution >= 4 is 7.85 Å². The van der Waals surface area contributed by atoms with E-state index < -0.39 is 35.3 Å². The minimum Gasteiger partial charge on any atom is -0.236 e. The smallest absolute Gasteiger partial charge is 0.192 e. The summed E-state index contributed by atoms with van der Waals surface area (Å²) < 4.78 is 61.5. The van der Waals surface area contributed by atoms with E-state index in [4.69, 9.17) is 0 Å². The van der Waals surface area contributed by atoms with Gasteiger partial charge in [0.2, 0.25) is 0 Å². The monoisotopic (exact) mass is 180 g/mol. The van der Waals surface area contributed by atoms with Crippen LogP contribution in [0, 0.1) is 0 Å². The van der Waals surface area contributed by atoms with Gasteiger partial charge < -0.3 is 0 Å². The Labute approximate surface area is 66.2 Å². The first-order chi connectivity index (χ1) is 5.46. The summed E-state index contributed by atoms with van der Waals surface area (Å²) in [4.78, 5) is 0. The molecule has 0 amide bonds. The van der Waals surface area contributed by atoms with E-state index in [2.05, 4.69) is 7.85 Å². The third-order valence-electron chi connectivity index (χ3n) is 1.44. The quantitative estimate of drug-likeness (QED) is 0.395. The van der Waals surface area contributed by atoms with Crippen molar-refractivity contribution in [3.63, 3.8) is 0 Å². The van der Waals surface area contributed by atoms with Gasteiger partial charge in [0, 0.05) is 0 Å². The number of hydrogen-bond acceptors (Lipinski definition) is 0. The second-order valence-electron chi connectivity index (χ2n) is 2.23. The zero-order chi connectivity index (χ0) is 9.46. The minimum atomic E-state index is -2.93. The summed E-state index contributed by atoms with van der Waals surface area (Å²) in [6.07, 6.45) is -5.78. The first-order valence-electron chi connectivity index (χ1n) is 2.95. The Bertz CT molecular complexity index is 241. The van der Waals surface area contributed by atoms with Gasteiger partial charge >= 0.3 is 0 Å². The highest BCUT2D eigenvalue weighted by Gasteiger charge is 2.37. The van der Waals surface area contributed by atoms with Crippen LogP contribution in [-0.4, -0.2) is 20.2 Å². The van der Waals surface area contributed by atoms with Crippen LogP contribution in [0.5, 0.6) is 0 Å². The highest BCUT2D eigenvalue weighted by molar-refractivity contribution is 6.24. The van der Waals surface area contributed by atoms with E-state index in [0.29, 0.717) is 0 Å². The molecule has 0 bridgehead atoms. The Hall–Kier alpha value is -0.805. The first-order valence-corrected chi connectivity index (χ1v) is 2.95. The van der Waals surface area contributed by atoms with Gasteiger partial charge in [-0.25, -0.2) is 22.0 Å². The first kappa shape index (κ1) is 9.28. The molecular formula is C6H2BF5. The number of halogens is 5. The molecule has 2 radical (unpaired) electrons. The number of alkyl halides is 2. The van der Waals surface area contributed by atoms with Crippen LogP contribution in [0.4, 0.5) is 22.0 Å². The molecule has 1 rings (SSSR count). The molecule has 0 aliphatic heterocycles. The third-order valence-corrected chi connectivity index (χ3v) is 1.44. The lowest BCUT2D eigenvalue weighted by atomic mass is 9.87. The van der Waals surface area contributed by atoms with Gasteiger partial charge in [-0.05, 0) is 5.47 Å². The van der Waals surface area contributed by atoms with Crippen molar-refractivity contribution in [3.05, 3.63) is 23.0 Å². The van der Waals surface area contributed by atoms with E-state index >= 15 is 0 Å². The van der Waals surface area contributed by atoms with E-state index in [1.54, 1.807) is 0 Å². The minimum absolute atomic E-state index is 1.31. The van der Waals surface area contributed by atoms with Crippen molar-refractivity contribution < 1.29 is 22.0 Å². The lowest BCUT2D eigenvalue weighted by molar-refractivity contribution is 0.167. The molecule has 6 heteroatoms. The normalized spacial score (nSPS) is 31.4. The maximum absolute atomic E-state index is 12.3. The third kappa shape index (κ3) is 1.15. The summed E-state index contributed by atoms with van der Waals surface area (Å²) in [6.45, 7) is 0. The van der Waals surface area contributed by atoms with E-state index in [1.807, 2.05) is 0 Å². The van der Waals surface area contributed by atoms with Crippen molar-refractivity contribution in [3.8, 4) is 0 Å². The molecule has 0 spiro atoms. The molecule has 0 aromatic rings. The van der Waals surface area contributed by atoms with E-state index in [-0.39, 0.29) is 0 Å². The Kier molecular flexibility index (Phi) is 2.26. The summed E-state index contributed by atoms with van der Waals surface area (Å²) in [7, 11) is 4.59. The molecule has 1 aliphatic rings. The fourth-order valence-electron chi connectivity index (χ4n) is 0.760. The van der Waals surface area contributed by atoms with Gasteiger partial charge in [0.05, 0.1) is 0 Å². The van der Waals surface area contributed by atoms with Gasteiger partial charge in [0.25, 0.3) is 0 Å². The van der Waals surface area contributed by atoms with Crippen LogP contribution in [-0.2, 0) is 0 Å². The van der Waals surface area contributed by atoms with Gasteiger partial charge in [0.1, 0.15) is 13.7 Å². The highest BCUT2D eigenvalue weighted by Crippen LogP contribution is 2.34. The predicted molar refractivity (Wildman–Crippen MR) is 32.9 cm³/mol. The molecule has 0 nitrogen and oxygen atoms in total. The summed E-state index contributed by atoms with van der Waals surface area (Å²) in [5, 5.41) is 0. The SMILES string of the molecule is [B]C1=C(F)C(F)[C@@H](F)C(F)=C1F. The van der Waals surface area contributed by atoms with Crippen LogP contribution < -0.4 is 0 Å². The summed E-state index contributed by atoms with van der Waals surface area (Å²) in [5.41, 5.74) is -1.31. The van der Waals surface area contributed by atoms with E-state index in [0.717, 1.165) is 0 Å². The second kappa shape index (κ2) is 2.92. The van der Waals surface area contributed by atoms with Crippen molar-refractivity contribution in [1.82, 2.24) is 0 Å². The molecule has 1 aliphatic carbocycles. The predicted octanol–water partition coefficient (Wildman–Crippen LogP) is 2.18. The Morgan fingerprint density at radius 1 is 0.917 bits per heavy atom. The molecule has 0 saturated heterocycles. The molecule has 12 heavy (non-hydrogen) atoms. The summed E-state index contributed by atoms with van der Waals surface area (Å²) >= 11 is 0. The van der Waals surface area contributed by atoms with Crippen LogP contribution in [0.3, 0.4) is 0 Å². The number of hydrogen-bond donors (Lipinski definition) is 0. The largest absolute Gasteiger partial charge is 0.236 e. The average molecular weight is 180 g/mol. The lowest BCUT2D eigenvalue weighted by Gasteiger charge is -2.18. The fourth-order valence-corrected chi connectivity index (χ4v) is 0.760. The van der Waals surface area contributed by atoms with E-state index in [9.17, 15) is 22.0 Å². The number of allylic oxidation sites excluding steroid dienone is 4. The molecule has 0 aromatic carbocycles. The molecule has 0 fully saturated rings. The lowest BCUT2D eigenvalue weighted by Crippen LogP contribution is -2.25. The Balaban J connectivity index is 3.18. The van der Waals surface area contributed by atoms with E-state index in [1.165, 1.54) is 0 Å². The van der Waals surface area contributed by atoms with Crippen LogP contribution in [0.25, 0.3) is 0 Å². The van der Waals surface area contributed by atoms with Gasteiger partial charge in [-0.2, -0.15) is 0 Å². The van der Waals surface area contributed by atoms with Crippen molar-refractivity contribution in [2.45, 2.75) is 12.3 Å². The second-order valence-corrected chi connectivity index (χ2v) is 2.23. The molecule has 2 atom stereocenters. The van der Waals surface area contributed by atoms with Gasteiger partial charge in [-0.1, -0.05) is 0 Å². The molecular weight excluding hydrogens is 178 g/mol. The van der Waals surface area contributed by atoms with Crippen molar-refractivity contribution in [2.24, 2.45) is 0 Å². The number of rotatable bonds is 0. The van der Waals surface area contributed by atoms with Crippen LogP contribution in [0.2, 0.25) is 0 Å². The molecule has 64 valence electrons. The van der Waals surface area contributed by atoms with Gasteiger partial charge in [-0.3, -0.25) is 0 Å². The van der Waals surface area contributed by atoms with Gasteiger partial charge in [-0.15, -0.1) is 0 Å². The van der Waals surface area contributed by atoms with Crippen LogP contribution in [0.15, 0.2) is 23.0 Å². The topological polar surface area (TPSA) is 0 Å². The zero-order valence-corrected chi connectivity index (χ0v) is 5.62. The maximum Gasteiger partial charge on any atom is 0.192 e. The summed E-state index contributed by atoms with van der Waals surface area (Å²) in [5.74, 6) is -5.67. The summed E-state index contributed by atoms with van der Waals surface area (Å²) in [6, 6.07) is 0. The molecule has 0 saturated carbocycles. The molecule has 0 aromatic heterocycles. The van der Waals surface area contributed by atoms with Gasteiger partial charge in [0.15, 0.2) is 24.0 Å². The average Bonchev–Trinajstić information content (AvgIpc) is 2.08. The molecule has 1 unspecified atom stereocenters. The fraction of sp³-hybridized carbons (Fsp3) is 0.333. The van der Waals surface area contributed by atoms with Crippen molar-refractivity contribution in [1.29, 1.82) is 0 Å². The Morgan fingerprint density at radius 2 is 1.33 bits per heavy atom. The zero-order valence-electron chi connectivity index (χ0n) is 5.62. The Morgan fingerprint density at radius 3 is 1.83 bits per heavy atom. The molecule has 0 heterocycles.